The minimum absolute atomic E-state index is 0. The fraction of sp³-hybridized carbons (Fsp3) is 0.350. The van der Waals surface area contributed by atoms with Crippen LogP contribution in [0.4, 0.5) is 0 Å². The Balaban J connectivity index is 0.00000364. The first kappa shape index (κ1) is 22.9. The van der Waals surface area contributed by atoms with E-state index in [1.54, 1.807) is 14.2 Å². The summed E-state index contributed by atoms with van der Waals surface area (Å²) in [5.41, 5.74) is 1.17. The van der Waals surface area contributed by atoms with Gasteiger partial charge in [0.1, 0.15) is 23.9 Å². The lowest BCUT2D eigenvalue weighted by molar-refractivity contribution is 0.313. The number of rotatable bonds is 8. The van der Waals surface area contributed by atoms with Gasteiger partial charge in [-0.2, -0.15) is 0 Å². The maximum Gasteiger partial charge on any atom is 0.193 e. The van der Waals surface area contributed by atoms with Crippen LogP contribution in [0.2, 0.25) is 0 Å². The highest BCUT2D eigenvalue weighted by Gasteiger charge is 2.04. The first-order valence-corrected chi connectivity index (χ1v) is 8.48. The van der Waals surface area contributed by atoms with Gasteiger partial charge in [0.15, 0.2) is 5.96 Å². The van der Waals surface area contributed by atoms with Crippen molar-refractivity contribution in [2.75, 3.05) is 41.5 Å². The number of guanidine groups is 1. The van der Waals surface area contributed by atoms with Gasteiger partial charge in [-0.25, -0.2) is 4.99 Å². The zero-order chi connectivity index (χ0) is 18.8. The predicted octanol–water partition coefficient (Wildman–Crippen LogP) is 3.41. The summed E-state index contributed by atoms with van der Waals surface area (Å²) >= 11 is 0. The fourth-order valence-corrected chi connectivity index (χ4v) is 2.30. The van der Waals surface area contributed by atoms with E-state index in [1.807, 2.05) is 55.4 Å². The molecule has 0 aromatic heterocycles. The predicted molar refractivity (Wildman–Crippen MR) is 120 cm³/mol. The normalized spacial score (nSPS) is 10.6. The number of hydrogen-bond acceptors (Lipinski definition) is 4. The largest absolute Gasteiger partial charge is 0.496 e. The lowest BCUT2D eigenvalue weighted by Gasteiger charge is -2.18. The summed E-state index contributed by atoms with van der Waals surface area (Å²) in [7, 11) is 7.16. The summed E-state index contributed by atoms with van der Waals surface area (Å²) in [6.07, 6.45) is 0. The molecule has 27 heavy (non-hydrogen) atoms. The third kappa shape index (κ3) is 7.94. The number of benzene rings is 2. The smallest absolute Gasteiger partial charge is 0.193 e. The molecule has 2 aromatic rings. The Morgan fingerprint density at radius 3 is 2.11 bits per heavy atom. The molecule has 0 unspecified atom stereocenters. The number of halogens is 1. The van der Waals surface area contributed by atoms with Crippen LogP contribution in [0.5, 0.6) is 17.2 Å². The van der Waals surface area contributed by atoms with E-state index >= 15 is 0 Å². The molecule has 0 spiro atoms. The zero-order valence-corrected chi connectivity index (χ0v) is 18.6. The molecule has 148 valence electrons. The number of methoxy groups -OCH3 is 2. The second-order valence-electron chi connectivity index (χ2n) is 5.84. The van der Waals surface area contributed by atoms with Crippen molar-refractivity contribution in [3.63, 3.8) is 0 Å². The SMILES string of the molecule is COc1cc(OC)cc(OCCNC(=NCc2ccccc2)N(C)C)c1.I. The molecular weight excluding hydrogens is 457 g/mol. The summed E-state index contributed by atoms with van der Waals surface area (Å²) in [6.45, 7) is 1.76. The Kier molecular flexibility index (Phi) is 10.4. The van der Waals surface area contributed by atoms with Gasteiger partial charge in [-0.15, -0.1) is 24.0 Å². The summed E-state index contributed by atoms with van der Waals surface area (Å²) in [6, 6.07) is 15.6. The van der Waals surface area contributed by atoms with Gasteiger partial charge < -0.3 is 24.4 Å². The Morgan fingerprint density at radius 2 is 1.56 bits per heavy atom. The van der Waals surface area contributed by atoms with Crippen molar-refractivity contribution in [3.05, 3.63) is 54.1 Å². The second kappa shape index (κ2) is 12.3. The Hall–Kier alpha value is -2.16. The van der Waals surface area contributed by atoms with E-state index < -0.39 is 0 Å². The average molecular weight is 485 g/mol. The fourth-order valence-electron chi connectivity index (χ4n) is 2.30. The number of nitrogens with one attached hydrogen (secondary N) is 1. The molecule has 7 heteroatoms. The van der Waals surface area contributed by atoms with Gasteiger partial charge in [0.2, 0.25) is 0 Å². The molecule has 0 aliphatic heterocycles. The molecule has 0 heterocycles. The van der Waals surface area contributed by atoms with Gasteiger partial charge in [0.25, 0.3) is 0 Å². The maximum atomic E-state index is 5.79. The third-order valence-electron chi connectivity index (χ3n) is 3.66. The van der Waals surface area contributed by atoms with Crippen LogP contribution in [0, 0.1) is 0 Å². The van der Waals surface area contributed by atoms with Gasteiger partial charge in [-0.05, 0) is 5.56 Å². The van der Waals surface area contributed by atoms with Crippen molar-refractivity contribution in [1.82, 2.24) is 10.2 Å². The van der Waals surface area contributed by atoms with E-state index in [1.165, 1.54) is 5.56 Å². The Labute approximate surface area is 178 Å². The molecule has 0 amide bonds. The molecule has 0 aliphatic rings. The van der Waals surface area contributed by atoms with Crippen LogP contribution in [-0.4, -0.2) is 52.3 Å². The van der Waals surface area contributed by atoms with Crippen LogP contribution in [-0.2, 0) is 6.54 Å². The molecule has 0 aliphatic carbocycles. The van der Waals surface area contributed by atoms with Crippen LogP contribution < -0.4 is 19.5 Å². The second-order valence-corrected chi connectivity index (χ2v) is 5.84. The molecule has 0 fully saturated rings. The number of hydrogen-bond donors (Lipinski definition) is 1. The first-order chi connectivity index (χ1) is 12.6. The summed E-state index contributed by atoms with van der Waals surface area (Å²) in [4.78, 5) is 6.58. The zero-order valence-electron chi connectivity index (χ0n) is 16.3. The van der Waals surface area contributed by atoms with E-state index in [-0.39, 0.29) is 24.0 Å². The highest BCUT2D eigenvalue weighted by Crippen LogP contribution is 2.27. The number of nitrogens with zero attached hydrogens (tertiary/aromatic N) is 2. The molecule has 0 atom stereocenters. The van der Waals surface area contributed by atoms with Gasteiger partial charge in [0, 0.05) is 32.3 Å². The third-order valence-corrected chi connectivity index (χ3v) is 3.66. The van der Waals surface area contributed by atoms with E-state index in [9.17, 15) is 0 Å². The molecule has 0 saturated heterocycles. The van der Waals surface area contributed by atoms with E-state index in [4.69, 9.17) is 14.2 Å². The quantitative estimate of drug-likeness (QED) is 0.269. The Morgan fingerprint density at radius 1 is 0.963 bits per heavy atom. The van der Waals surface area contributed by atoms with Crippen molar-refractivity contribution in [3.8, 4) is 17.2 Å². The lowest BCUT2D eigenvalue weighted by Crippen LogP contribution is -2.38. The molecule has 0 bridgehead atoms. The van der Waals surface area contributed by atoms with Crippen LogP contribution in [0.25, 0.3) is 0 Å². The van der Waals surface area contributed by atoms with Gasteiger partial charge >= 0.3 is 0 Å². The van der Waals surface area contributed by atoms with Gasteiger partial charge in [-0.1, -0.05) is 30.3 Å². The van der Waals surface area contributed by atoms with Crippen molar-refractivity contribution in [2.24, 2.45) is 4.99 Å². The summed E-state index contributed by atoms with van der Waals surface area (Å²) < 4.78 is 16.3. The average Bonchev–Trinajstić information content (AvgIpc) is 2.67. The topological polar surface area (TPSA) is 55.3 Å². The van der Waals surface area contributed by atoms with Crippen LogP contribution in [0.15, 0.2) is 53.5 Å². The number of aliphatic imine (C=N–C) groups is 1. The maximum absolute atomic E-state index is 5.79. The van der Waals surface area contributed by atoms with Crippen molar-refractivity contribution >= 4 is 29.9 Å². The van der Waals surface area contributed by atoms with E-state index in [0.29, 0.717) is 36.9 Å². The van der Waals surface area contributed by atoms with E-state index in [0.717, 1.165) is 5.96 Å². The van der Waals surface area contributed by atoms with Gasteiger partial charge in [0.05, 0.1) is 27.3 Å². The molecule has 6 nitrogen and oxygen atoms in total. The summed E-state index contributed by atoms with van der Waals surface area (Å²) in [5.74, 6) is 2.92. The summed E-state index contributed by atoms with van der Waals surface area (Å²) in [5, 5.41) is 3.31. The number of ether oxygens (including phenoxy) is 3. The van der Waals surface area contributed by atoms with E-state index in [2.05, 4.69) is 22.4 Å². The standard InChI is InChI=1S/C20H27N3O3.HI/c1-23(2)20(22-15-16-8-6-5-7-9-16)21-10-11-26-19-13-17(24-3)12-18(14-19)25-4;/h5-9,12-14H,10-11,15H2,1-4H3,(H,21,22);1H. The first-order valence-electron chi connectivity index (χ1n) is 8.48. The van der Waals surface area contributed by atoms with Crippen molar-refractivity contribution < 1.29 is 14.2 Å². The monoisotopic (exact) mass is 485 g/mol. The lowest BCUT2D eigenvalue weighted by atomic mass is 10.2. The molecule has 2 aromatic carbocycles. The van der Waals surface area contributed by atoms with Crippen molar-refractivity contribution in [1.29, 1.82) is 0 Å². The van der Waals surface area contributed by atoms with Crippen LogP contribution in [0.1, 0.15) is 5.56 Å². The van der Waals surface area contributed by atoms with Crippen molar-refractivity contribution in [2.45, 2.75) is 6.54 Å². The highest BCUT2D eigenvalue weighted by molar-refractivity contribution is 14.0. The van der Waals surface area contributed by atoms with Crippen LogP contribution >= 0.6 is 24.0 Å². The molecule has 0 radical (unpaired) electrons. The highest BCUT2D eigenvalue weighted by atomic mass is 127. The molecular formula is C20H28IN3O3. The minimum atomic E-state index is 0. The molecule has 1 N–H and O–H groups in total. The Bertz CT molecular complexity index is 687. The minimum Gasteiger partial charge on any atom is -0.496 e. The van der Waals surface area contributed by atoms with Crippen LogP contribution in [0.3, 0.4) is 0 Å². The molecule has 0 saturated carbocycles. The van der Waals surface area contributed by atoms with Gasteiger partial charge in [-0.3, -0.25) is 0 Å². The molecule has 2 rings (SSSR count).